The van der Waals surface area contributed by atoms with Gasteiger partial charge in [0.15, 0.2) is 0 Å². The van der Waals surface area contributed by atoms with Crippen LogP contribution < -0.4 is 10.5 Å². The third kappa shape index (κ3) is 7.37. The maximum Gasteiger partial charge on any atom is 0.416 e. The molecule has 0 radical (unpaired) electrons. The highest BCUT2D eigenvalue weighted by Crippen LogP contribution is 2.38. The van der Waals surface area contributed by atoms with Crippen LogP contribution in [0.15, 0.2) is 18.2 Å². The Morgan fingerprint density at radius 1 is 0.708 bits per heavy atom. The van der Waals surface area contributed by atoms with Gasteiger partial charge in [-0.25, -0.2) is 0 Å². The summed E-state index contributed by atoms with van der Waals surface area (Å²) in [6.07, 6.45) is -9.81. The molecule has 0 aliphatic carbocycles. The molecule has 0 spiro atoms. The highest BCUT2D eigenvalue weighted by atomic mass is 19.4. The molecule has 2 N–H and O–H groups in total. The van der Waals surface area contributed by atoms with Crippen molar-refractivity contribution in [2.45, 2.75) is 12.4 Å². The summed E-state index contributed by atoms with van der Waals surface area (Å²) < 4.78 is 90.9. The van der Waals surface area contributed by atoms with E-state index in [1.165, 1.54) is 0 Å². The third-order valence-electron chi connectivity index (χ3n) is 2.69. The van der Waals surface area contributed by atoms with Gasteiger partial charge in [0.25, 0.3) is 0 Å². The van der Waals surface area contributed by atoms with Crippen LogP contribution in [0.1, 0.15) is 11.1 Å². The third-order valence-corrected chi connectivity index (χ3v) is 2.69. The Morgan fingerprint density at radius 3 is 1.62 bits per heavy atom. The van der Waals surface area contributed by atoms with Crippen LogP contribution >= 0.6 is 0 Å². The summed E-state index contributed by atoms with van der Waals surface area (Å²) in [5, 5.41) is 0. The summed E-state index contributed by atoms with van der Waals surface area (Å²) in [7, 11) is 0. The Hall–Kier alpha value is -1.52. The number of halogens is 6. The molecule has 24 heavy (non-hydrogen) atoms. The number of hydrogen-bond donors (Lipinski definition) is 1. The summed E-state index contributed by atoms with van der Waals surface area (Å²) in [6, 6.07) is 1.07. The lowest BCUT2D eigenvalue weighted by Gasteiger charge is -2.15. The summed E-state index contributed by atoms with van der Waals surface area (Å²) in [6.45, 7) is 1.00. The fraction of sp³-hybridized carbons (Fsp3) is 0.571. The summed E-state index contributed by atoms with van der Waals surface area (Å²) >= 11 is 0. The van der Waals surface area contributed by atoms with Gasteiger partial charge in [0.1, 0.15) is 12.4 Å². The highest BCUT2D eigenvalue weighted by Gasteiger charge is 2.37. The average Bonchev–Trinajstić information content (AvgIpc) is 2.48. The Labute approximate surface area is 134 Å². The molecule has 1 rings (SSSR count). The Kier molecular flexibility index (Phi) is 7.77. The predicted octanol–water partition coefficient (Wildman–Crippen LogP) is 3.09. The van der Waals surface area contributed by atoms with Crippen LogP contribution in [-0.4, -0.2) is 39.6 Å². The number of ether oxygens (including phenoxy) is 3. The maximum atomic E-state index is 12.7. The molecule has 0 aliphatic heterocycles. The number of nitrogens with two attached hydrogens (primary N) is 1. The van der Waals surface area contributed by atoms with Crippen molar-refractivity contribution in [3.05, 3.63) is 29.3 Å². The van der Waals surface area contributed by atoms with Crippen molar-refractivity contribution in [2.24, 2.45) is 5.73 Å². The Balaban J connectivity index is 2.58. The van der Waals surface area contributed by atoms with Crippen LogP contribution in [0.3, 0.4) is 0 Å². The first-order valence-electron chi connectivity index (χ1n) is 6.92. The van der Waals surface area contributed by atoms with E-state index in [-0.39, 0.29) is 32.5 Å². The van der Waals surface area contributed by atoms with Crippen LogP contribution in [0.4, 0.5) is 26.3 Å². The zero-order valence-corrected chi connectivity index (χ0v) is 12.5. The van der Waals surface area contributed by atoms with Crippen molar-refractivity contribution >= 4 is 0 Å². The van der Waals surface area contributed by atoms with E-state index in [0.717, 1.165) is 0 Å². The number of hydrogen-bond acceptors (Lipinski definition) is 4. The lowest BCUT2D eigenvalue weighted by atomic mass is 10.1. The topological polar surface area (TPSA) is 53.7 Å². The van der Waals surface area contributed by atoms with Gasteiger partial charge in [-0.3, -0.25) is 0 Å². The van der Waals surface area contributed by atoms with E-state index < -0.39 is 29.2 Å². The van der Waals surface area contributed by atoms with E-state index in [4.69, 9.17) is 19.9 Å². The molecule has 0 fully saturated rings. The molecule has 0 unspecified atom stereocenters. The smallest absolute Gasteiger partial charge is 0.416 e. The lowest BCUT2D eigenvalue weighted by Crippen LogP contribution is -2.15. The van der Waals surface area contributed by atoms with Crippen LogP contribution in [0.2, 0.25) is 0 Å². The van der Waals surface area contributed by atoms with Crippen LogP contribution in [0.25, 0.3) is 0 Å². The largest absolute Gasteiger partial charge is 0.491 e. The monoisotopic (exact) mass is 361 g/mol. The van der Waals surface area contributed by atoms with E-state index in [1.807, 2.05) is 0 Å². The van der Waals surface area contributed by atoms with Crippen molar-refractivity contribution in [3.8, 4) is 5.75 Å². The number of rotatable bonds is 9. The van der Waals surface area contributed by atoms with Crippen molar-refractivity contribution in [3.63, 3.8) is 0 Å². The molecule has 0 heterocycles. The Morgan fingerprint density at radius 2 is 1.17 bits per heavy atom. The molecule has 1 aromatic rings. The van der Waals surface area contributed by atoms with Gasteiger partial charge in [-0.15, -0.1) is 0 Å². The van der Waals surface area contributed by atoms with Gasteiger partial charge in [-0.05, 0) is 18.2 Å². The molecule has 1 aromatic carbocycles. The maximum absolute atomic E-state index is 12.7. The molecule has 0 bridgehead atoms. The van der Waals surface area contributed by atoms with Gasteiger partial charge in [0.05, 0.1) is 37.6 Å². The van der Waals surface area contributed by atoms with Crippen LogP contribution in [0.5, 0.6) is 5.75 Å². The molecule has 138 valence electrons. The molecular formula is C14H17F6NO3. The average molecular weight is 361 g/mol. The zero-order valence-electron chi connectivity index (χ0n) is 12.5. The molecule has 0 aliphatic rings. The van der Waals surface area contributed by atoms with Gasteiger partial charge < -0.3 is 19.9 Å². The molecule has 0 aromatic heterocycles. The highest BCUT2D eigenvalue weighted by molar-refractivity contribution is 5.37. The fourth-order valence-corrected chi connectivity index (χ4v) is 1.63. The molecular weight excluding hydrogens is 344 g/mol. The summed E-state index contributed by atoms with van der Waals surface area (Å²) in [4.78, 5) is 0. The lowest BCUT2D eigenvalue weighted by molar-refractivity contribution is -0.143. The first-order chi connectivity index (χ1) is 11.1. The summed E-state index contributed by atoms with van der Waals surface area (Å²) in [5.41, 5.74) is 2.34. The molecule has 0 atom stereocenters. The van der Waals surface area contributed by atoms with Gasteiger partial charge in [0, 0.05) is 6.54 Å². The van der Waals surface area contributed by atoms with Crippen molar-refractivity contribution in [2.75, 3.05) is 39.6 Å². The van der Waals surface area contributed by atoms with Crippen LogP contribution in [0, 0.1) is 0 Å². The minimum atomic E-state index is -4.91. The van der Waals surface area contributed by atoms with E-state index in [1.54, 1.807) is 0 Å². The Bertz CT molecular complexity index is 472. The molecule has 0 saturated carbocycles. The molecule has 0 saturated heterocycles. The molecule has 4 nitrogen and oxygen atoms in total. The molecule has 10 heteroatoms. The quantitative estimate of drug-likeness (QED) is 0.543. The second-order valence-corrected chi connectivity index (χ2v) is 4.60. The number of alkyl halides is 6. The first kappa shape index (κ1) is 20.5. The van der Waals surface area contributed by atoms with Crippen molar-refractivity contribution in [1.29, 1.82) is 0 Å². The summed E-state index contributed by atoms with van der Waals surface area (Å²) in [5.74, 6) is -0.528. The van der Waals surface area contributed by atoms with E-state index >= 15 is 0 Å². The standard InChI is InChI=1S/C14H17F6NO3/c15-13(16,17)10-7-11(14(18,19)20)9-12(8-10)24-6-5-23-4-3-22-2-1-21/h7-9H,1-6,21H2. The van der Waals surface area contributed by atoms with Gasteiger partial charge in [-0.2, -0.15) is 26.3 Å². The fourth-order valence-electron chi connectivity index (χ4n) is 1.63. The van der Waals surface area contributed by atoms with Gasteiger partial charge >= 0.3 is 12.4 Å². The zero-order chi connectivity index (χ0) is 18.2. The second-order valence-electron chi connectivity index (χ2n) is 4.60. The van der Waals surface area contributed by atoms with Gasteiger partial charge in [0.2, 0.25) is 0 Å². The second kappa shape index (κ2) is 9.09. The first-order valence-corrected chi connectivity index (χ1v) is 6.92. The minimum Gasteiger partial charge on any atom is -0.491 e. The van der Waals surface area contributed by atoms with E-state index in [0.29, 0.717) is 25.3 Å². The minimum absolute atomic E-state index is 0.0103. The van der Waals surface area contributed by atoms with E-state index in [9.17, 15) is 26.3 Å². The van der Waals surface area contributed by atoms with Gasteiger partial charge in [-0.1, -0.05) is 0 Å². The normalized spacial score (nSPS) is 12.5. The van der Waals surface area contributed by atoms with Crippen molar-refractivity contribution in [1.82, 2.24) is 0 Å². The van der Waals surface area contributed by atoms with E-state index in [2.05, 4.69) is 0 Å². The van der Waals surface area contributed by atoms with Crippen molar-refractivity contribution < 1.29 is 40.6 Å². The van der Waals surface area contributed by atoms with Crippen LogP contribution in [-0.2, 0) is 21.8 Å². The molecule has 0 amide bonds. The SMILES string of the molecule is NCCOCCOCCOc1cc(C(F)(F)F)cc(C(F)(F)F)c1. The predicted molar refractivity (Wildman–Crippen MR) is 72.6 cm³/mol. The number of benzene rings is 1.